The van der Waals surface area contributed by atoms with Gasteiger partial charge in [-0.05, 0) is 170 Å². The van der Waals surface area contributed by atoms with Gasteiger partial charge in [-0.2, -0.15) is 0 Å². The third-order valence-corrected chi connectivity index (χ3v) is 12.8. The summed E-state index contributed by atoms with van der Waals surface area (Å²) in [4.78, 5) is 10.5. The molecular formula is C56H42N4O. The van der Waals surface area contributed by atoms with E-state index < -0.39 is 0 Å². The Morgan fingerprint density at radius 2 is 0.754 bits per heavy atom. The Kier molecular flexibility index (Phi) is 7.55. The fourth-order valence-corrected chi connectivity index (χ4v) is 10.5. The summed E-state index contributed by atoms with van der Waals surface area (Å²) >= 11 is 0. The van der Waals surface area contributed by atoms with Crippen LogP contribution in [-0.4, -0.2) is 18.8 Å². The number of nitrogens with zero attached hydrogens (tertiary/aromatic N) is 4. The Hall–Kier alpha value is -7.50. The van der Waals surface area contributed by atoms with Crippen molar-refractivity contribution in [2.75, 3.05) is 0 Å². The van der Waals surface area contributed by atoms with Crippen molar-refractivity contribution in [1.29, 1.82) is 0 Å². The third kappa shape index (κ3) is 5.33. The van der Waals surface area contributed by atoms with E-state index in [2.05, 4.69) is 196 Å². The maximum atomic E-state index is 6.82. The van der Waals surface area contributed by atoms with Crippen LogP contribution >= 0.6 is 0 Å². The molecule has 12 aromatic rings. The Morgan fingerprint density at radius 1 is 0.361 bits per heavy atom. The largest absolute Gasteiger partial charge is 0.457 e. The van der Waals surface area contributed by atoms with Gasteiger partial charge in [0.05, 0.1) is 33.1 Å². The molecule has 0 atom stereocenters. The molecule has 0 radical (unpaired) electrons. The summed E-state index contributed by atoms with van der Waals surface area (Å²) in [5.41, 5.74) is 20.9. The number of benzene rings is 8. The summed E-state index contributed by atoms with van der Waals surface area (Å²) < 4.78 is 11.5. The van der Waals surface area contributed by atoms with Crippen LogP contribution in [0.15, 0.2) is 146 Å². The average Bonchev–Trinajstić information content (AvgIpc) is 3.83. The minimum Gasteiger partial charge on any atom is -0.457 e. The lowest BCUT2D eigenvalue weighted by atomic mass is 9.92. The van der Waals surface area contributed by atoms with Crippen LogP contribution in [0.25, 0.3) is 99.0 Å². The maximum absolute atomic E-state index is 6.82. The highest BCUT2D eigenvalue weighted by atomic mass is 16.5. The highest BCUT2D eigenvalue weighted by Gasteiger charge is 2.19. The normalized spacial score (nSPS) is 12.1. The zero-order valence-electron chi connectivity index (χ0n) is 35.1. The van der Waals surface area contributed by atoms with Crippen LogP contribution in [0.3, 0.4) is 0 Å². The number of aromatic nitrogens is 4. The molecule has 0 amide bonds. The summed E-state index contributed by atoms with van der Waals surface area (Å²) in [6, 6.07) is 52.6. The molecule has 0 aliphatic rings. The van der Waals surface area contributed by atoms with Crippen LogP contribution in [0.2, 0.25) is 0 Å². The zero-order chi connectivity index (χ0) is 41.3. The minimum atomic E-state index is 0.751. The average molecular weight is 787 g/mol. The first-order valence-corrected chi connectivity index (χ1v) is 21.1. The van der Waals surface area contributed by atoms with E-state index in [0.717, 1.165) is 77.4 Å². The van der Waals surface area contributed by atoms with Gasteiger partial charge in [0.2, 0.25) is 0 Å². The van der Waals surface area contributed by atoms with Gasteiger partial charge in [0.25, 0.3) is 0 Å². The van der Waals surface area contributed by atoms with Crippen LogP contribution in [0.1, 0.15) is 33.4 Å². The predicted octanol–water partition coefficient (Wildman–Crippen LogP) is 14.9. The first-order chi connectivity index (χ1) is 29.7. The summed E-state index contributed by atoms with van der Waals surface area (Å²) in [6.07, 6.45) is 0. The van der Waals surface area contributed by atoms with E-state index in [-0.39, 0.29) is 0 Å². The highest BCUT2D eigenvalue weighted by Crippen LogP contribution is 2.41. The van der Waals surface area contributed by atoms with Gasteiger partial charge < -0.3 is 4.74 Å². The van der Waals surface area contributed by atoms with E-state index in [4.69, 9.17) is 14.7 Å². The molecule has 61 heavy (non-hydrogen) atoms. The quantitative estimate of drug-likeness (QED) is 0.167. The van der Waals surface area contributed by atoms with Gasteiger partial charge in [-0.15, -0.1) is 0 Å². The zero-order valence-corrected chi connectivity index (χ0v) is 35.1. The monoisotopic (exact) mass is 786 g/mol. The van der Waals surface area contributed by atoms with Crippen molar-refractivity contribution < 1.29 is 4.74 Å². The maximum Gasteiger partial charge on any atom is 0.146 e. The van der Waals surface area contributed by atoms with E-state index >= 15 is 0 Å². The van der Waals surface area contributed by atoms with E-state index in [1.807, 2.05) is 0 Å². The van der Waals surface area contributed by atoms with E-state index in [0.29, 0.717) is 0 Å². The Labute approximate surface area is 353 Å². The van der Waals surface area contributed by atoms with Gasteiger partial charge in [-0.3, -0.25) is 8.80 Å². The van der Waals surface area contributed by atoms with Crippen molar-refractivity contribution >= 4 is 76.7 Å². The lowest BCUT2D eigenvalue weighted by Gasteiger charge is -2.16. The molecule has 5 nitrogen and oxygen atoms in total. The van der Waals surface area contributed by atoms with E-state index in [1.54, 1.807) is 0 Å². The molecular weight excluding hydrogens is 745 g/mol. The number of pyridine rings is 2. The molecule has 4 aromatic heterocycles. The predicted molar refractivity (Wildman–Crippen MR) is 255 cm³/mol. The molecule has 5 heteroatoms. The SMILES string of the molecule is Cc1cc(C)c(-c2ccc3c4ccc(Oc5ccc6c7ccc(-c8c(C)cc(C)cc8C)cc7n7c8ccccc8nc7c6c5)cc4c4nc5ccccc5n4c3c2)c(C)c1. The molecule has 0 saturated heterocycles. The molecule has 0 bridgehead atoms. The summed E-state index contributed by atoms with van der Waals surface area (Å²) in [6.45, 7) is 13.2. The Balaban J connectivity index is 1.03. The van der Waals surface area contributed by atoms with Crippen LogP contribution < -0.4 is 4.74 Å². The lowest BCUT2D eigenvalue weighted by Crippen LogP contribution is -1.95. The Bertz CT molecular complexity index is 3570. The second-order valence-corrected chi connectivity index (χ2v) is 17.0. The van der Waals surface area contributed by atoms with E-state index in [9.17, 15) is 0 Å². The minimum absolute atomic E-state index is 0.751. The van der Waals surface area contributed by atoms with Crippen LogP contribution in [0, 0.1) is 41.5 Å². The van der Waals surface area contributed by atoms with Crippen molar-refractivity contribution in [3.05, 3.63) is 179 Å². The molecule has 12 rings (SSSR count). The summed E-state index contributed by atoms with van der Waals surface area (Å²) in [7, 11) is 0. The van der Waals surface area contributed by atoms with Crippen molar-refractivity contribution in [3.63, 3.8) is 0 Å². The number of hydrogen-bond acceptors (Lipinski definition) is 3. The first kappa shape index (κ1) is 35.4. The van der Waals surface area contributed by atoms with Crippen molar-refractivity contribution in [3.8, 4) is 33.8 Å². The number of fused-ring (bicyclic) bond motifs is 16. The summed E-state index contributed by atoms with van der Waals surface area (Å²) in [5.74, 6) is 1.50. The summed E-state index contributed by atoms with van der Waals surface area (Å²) in [5, 5.41) is 6.71. The lowest BCUT2D eigenvalue weighted by molar-refractivity contribution is 0.484. The molecule has 0 fully saturated rings. The number of hydrogen-bond donors (Lipinski definition) is 0. The van der Waals surface area contributed by atoms with E-state index in [1.165, 1.54) is 66.4 Å². The van der Waals surface area contributed by atoms with Gasteiger partial charge in [-0.1, -0.05) is 83.9 Å². The van der Waals surface area contributed by atoms with Crippen LogP contribution in [0.4, 0.5) is 0 Å². The molecule has 0 saturated carbocycles. The molecule has 0 aliphatic carbocycles. The van der Waals surface area contributed by atoms with Crippen molar-refractivity contribution in [2.24, 2.45) is 0 Å². The van der Waals surface area contributed by atoms with Crippen molar-refractivity contribution in [2.45, 2.75) is 41.5 Å². The number of ether oxygens (including phenoxy) is 1. The number of aryl methyl sites for hydroxylation is 6. The highest BCUT2D eigenvalue weighted by molar-refractivity contribution is 6.16. The van der Waals surface area contributed by atoms with Gasteiger partial charge in [0.15, 0.2) is 0 Å². The molecule has 8 aromatic carbocycles. The topological polar surface area (TPSA) is 43.8 Å². The molecule has 4 heterocycles. The molecule has 0 spiro atoms. The Morgan fingerprint density at radius 3 is 1.18 bits per heavy atom. The standard InChI is InChI=1S/C56H42N4O/c1-31-23-33(3)53(34(4)24-31)37-15-19-43-41-21-17-39(29-45(41)55-57-47-11-7-9-13-49(47)59(55)51(43)27-37)61-40-18-22-42-44-20-16-38(54-35(5)25-32(2)26-36(54)6)28-52(44)60-50-14-10-8-12-48(50)58-56(60)46(42)30-40/h7-30H,1-6H3. The smallest absolute Gasteiger partial charge is 0.146 e. The fourth-order valence-electron chi connectivity index (χ4n) is 10.5. The fraction of sp³-hybridized carbons (Fsp3) is 0.107. The second kappa shape index (κ2) is 13.0. The third-order valence-electron chi connectivity index (χ3n) is 12.8. The van der Waals surface area contributed by atoms with Gasteiger partial charge in [0, 0.05) is 21.5 Å². The molecule has 292 valence electrons. The molecule has 0 N–H and O–H groups in total. The number of rotatable bonds is 4. The number of para-hydroxylation sites is 4. The first-order valence-electron chi connectivity index (χ1n) is 21.1. The van der Waals surface area contributed by atoms with Gasteiger partial charge >= 0.3 is 0 Å². The second-order valence-electron chi connectivity index (χ2n) is 17.0. The van der Waals surface area contributed by atoms with Crippen LogP contribution in [0.5, 0.6) is 11.5 Å². The van der Waals surface area contributed by atoms with Crippen LogP contribution in [-0.2, 0) is 0 Å². The molecule has 0 unspecified atom stereocenters. The van der Waals surface area contributed by atoms with Gasteiger partial charge in [-0.25, -0.2) is 9.97 Å². The molecule has 0 aliphatic heterocycles. The number of imidazole rings is 2. The van der Waals surface area contributed by atoms with Crippen molar-refractivity contribution in [1.82, 2.24) is 18.8 Å². The van der Waals surface area contributed by atoms with Gasteiger partial charge in [0.1, 0.15) is 22.8 Å².